The van der Waals surface area contributed by atoms with Gasteiger partial charge >= 0.3 is 0 Å². The number of pyridine rings is 1. The number of amides is 1. The van der Waals surface area contributed by atoms with Crippen LogP contribution >= 0.6 is 0 Å². The number of benzene rings is 1. The van der Waals surface area contributed by atoms with Crippen molar-refractivity contribution in [2.45, 2.75) is 43.7 Å². The Kier molecular flexibility index (Phi) is 5.57. The summed E-state index contributed by atoms with van der Waals surface area (Å²) in [6.07, 6.45) is 6.09. The summed E-state index contributed by atoms with van der Waals surface area (Å²) in [4.78, 5) is 19.6. The summed E-state index contributed by atoms with van der Waals surface area (Å²) >= 11 is 0. The molecule has 3 heterocycles. The van der Waals surface area contributed by atoms with E-state index in [1.54, 1.807) is 12.3 Å². The van der Waals surface area contributed by atoms with E-state index in [4.69, 9.17) is 0 Å². The minimum Gasteiger partial charge on any atom is -0.364 e. The number of halogens is 1. The lowest BCUT2D eigenvalue weighted by Gasteiger charge is -2.40. The molecule has 5 nitrogen and oxygen atoms in total. The number of nitrogens with zero attached hydrogens (tertiary/aromatic N) is 2. The first kappa shape index (κ1) is 18.9. The number of rotatable bonds is 6. The predicted octanol–water partition coefficient (Wildman–Crippen LogP) is 2.99. The fourth-order valence-electron chi connectivity index (χ4n) is 4.59. The zero-order valence-corrected chi connectivity index (χ0v) is 16.0. The zero-order valence-electron chi connectivity index (χ0n) is 16.0. The molecule has 0 unspecified atom stereocenters. The molecule has 1 amide bonds. The highest BCUT2D eigenvalue weighted by Gasteiger charge is 2.51. The quantitative estimate of drug-likeness (QED) is 0.807. The predicted molar refractivity (Wildman–Crippen MR) is 108 cm³/mol. The molecule has 0 spiro atoms. The second kappa shape index (κ2) is 8.27. The minimum atomic E-state index is -0.488. The van der Waals surface area contributed by atoms with E-state index < -0.39 is 5.54 Å². The van der Waals surface area contributed by atoms with Crippen molar-refractivity contribution >= 4 is 11.7 Å². The van der Waals surface area contributed by atoms with Gasteiger partial charge < -0.3 is 10.6 Å². The molecule has 0 saturated carbocycles. The van der Waals surface area contributed by atoms with Gasteiger partial charge in [-0.05, 0) is 56.3 Å². The lowest BCUT2D eigenvalue weighted by Crippen LogP contribution is -2.57. The first-order chi connectivity index (χ1) is 13.7. The molecule has 0 aliphatic carbocycles. The summed E-state index contributed by atoms with van der Waals surface area (Å²) in [6.45, 7) is 2.28. The highest BCUT2D eigenvalue weighted by atomic mass is 19.1. The summed E-state index contributed by atoms with van der Waals surface area (Å²) in [5.74, 6) is 0.0228. The number of anilines is 1. The van der Waals surface area contributed by atoms with E-state index in [2.05, 4.69) is 32.7 Å². The molecule has 0 bridgehead atoms. The number of carbonyl (C=O) groups is 1. The van der Waals surface area contributed by atoms with Gasteiger partial charge in [0.1, 0.15) is 5.54 Å². The molecule has 148 valence electrons. The lowest BCUT2D eigenvalue weighted by molar-refractivity contribution is -0.133. The van der Waals surface area contributed by atoms with Crippen LogP contribution in [-0.2, 0) is 11.2 Å². The third-order valence-corrected chi connectivity index (χ3v) is 5.96. The molecule has 1 aromatic heterocycles. The lowest BCUT2D eigenvalue weighted by atomic mass is 9.84. The molecular formula is C22H27FN4O. The molecule has 2 N–H and O–H groups in total. The van der Waals surface area contributed by atoms with Gasteiger partial charge in [-0.3, -0.25) is 9.69 Å². The van der Waals surface area contributed by atoms with Crippen molar-refractivity contribution in [1.29, 1.82) is 0 Å². The maximum Gasteiger partial charge on any atom is 0.240 e. The van der Waals surface area contributed by atoms with Crippen molar-refractivity contribution in [3.63, 3.8) is 0 Å². The van der Waals surface area contributed by atoms with Gasteiger partial charge in [-0.2, -0.15) is 0 Å². The van der Waals surface area contributed by atoms with Crippen LogP contribution in [0.1, 0.15) is 31.2 Å². The fraction of sp³-hybridized carbons (Fsp3) is 0.455. The van der Waals surface area contributed by atoms with Crippen molar-refractivity contribution in [2.24, 2.45) is 0 Å². The molecule has 28 heavy (non-hydrogen) atoms. The molecule has 2 fully saturated rings. The normalized spacial score (nSPS) is 24.5. The van der Waals surface area contributed by atoms with E-state index in [0.29, 0.717) is 13.0 Å². The fourth-order valence-corrected chi connectivity index (χ4v) is 4.59. The third kappa shape index (κ3) is 3.87. The minimum absolute atomic E-state index is 0.0161. The van der Waals surface area contributed by atoms with Gasteiger partial charge in [0.05, 0.1) is 0 Å². The van der Waals surface area contributed by atoms with Gasteiger partial charge in [-0.25, -0.2) is 9.37 Å². The number of aromatic nitrogens is 1. The Bertz CT molecular complexity index is 815. The van der Waals surface area contributed by atoms with E-state index in [0.717, 1.165) is 38.8 Å². The Morgan fingerprint density at radius 1 is 1.21 bits per heavy atom. The smallest absolute Gasteiger partial charge is 0.240 e. The second-order valence-corrected chi connectivity index (χ2v) is 7.81. The number of piperidine rings is 1. The molecule has 2 atom stereocenters. The molecule has 2 aromatic rings. The monoisotopic (exact) mass is 382 g/mol. The SMILES string of the molecule is O=C(NCCc1ccccc1)[C@]12CCCCN1C[C@@H](Nc1ncccc1F)C2. The van der Waals surface area contributed by atoms with Gasteiger partial charge in [0.2, 0.25) is 5.91 Å². The average Bonchev–Trinajstić information content (AvgIpc) is 3.10. The van der Waals surface area contributed by atoms with Crippen LogP contribution in [-0.4, -0.2) is 47.0 Å². The topological polar surface area (TPSA) is 57.3 Å². The summed E-state index contributed by atoms with van der Waals surface area (Å²) < 4.78 is 14.0. The van der Waals surface area contributed by atoms with E-state index in [1.165, 1.54) is 11.6 Å². The van der Waals surface area contributed by atoms with Crippen LogP contribution in [0.3, 0.4) is 0 Å². The van der Waals surface area contributed by atoms with E-state index >= 15 is 0 Å². The molecule has 2 aliphatic rings. The molecule has 6 heteroatoms. The molecule has 1 aromatic carbocycles. The van der Waals surface area contributed by atoms with Crippen molar-refractivity contribution in [3.8, 4) is 0 Å². The Morgan fingerprint density at radius 2 is 2.07 bits per heavy atom. The number of fused-ring (bicyclic) bond motifs is 1. The summed E-state index contributed by atoms with van der Waals surface area (Å²) in [6, 6.07) is 13.2. The highest BCUT2D eigenvalue weighted by molar-refractivity contribution is 5.87. The summed E-state index contributed by atoms with van der Waals surface area (Å²) in [5, 5.41) is 6.38. The molecule has 4 rings (SSSR count). The number of hydrogen-bond acceptors (Lipinski definition) is 4. The maximum absolute atomic E-state index is 14.0. The zero-order chi connectivity index (χ0) is 19.4. The third-order valence-electron chi connectivity index (χ3n) is 5.96. The Hall–Kier alpha value is -2.47. The Morgan fingerprint density at radius 3 is 2.89 bits per heavy atom. The van der Waals surface area contributed by atoms with Gasteiger partial charge in [0, 0.05) is 25.3 Å². The molecule has 0 radical (unpaired) electrons. The largest absolute Gasteiger partial charge is 0.364 e. The van der Waals surface area contributed by atoms with Crippen LogP contribution in [0.4, 0.5) is 10.2 Å². The first-order valence-corrected chi connectivity index (χ1v) is 10.1. The van der Waals surface area contributed by atoms with Crippen LogP contribution in [0.15, 0.2) is 48.7 Å². The van der Waals surface area contributed by atoms with Crippen molar-refractivity contribution in [2.75, 3.05) is 25.0 Å². The standard InChI is InChI=1S/C22H27FN4O/c23-19-9-6-12-24-20(19)26-18-15-22(11-4-5-14-27(22)16-18)21(28)25-13-10-17-7-2-1-3-8-17/h1-3,6-9,12,18H,4-5,10-11,13-16H2,(H,24,26)(H,25,28)/t18-,22+/m0/s1. The first-order valence-electron chi connectivity index (χ1n) is 10.1. The number of carbonyl (C=O) groups excluding carboxylic acids is 1. The van der Waals surface area contributed by atoms with Crippen LogP contribution in [0.5, 0.6) is 0 Å². The number of nitrogens with one attached hydrogen (secondary N) is 2. The Balaban J connectivity index is 1.41. The summed E-state index contributed by atoms with van der Waals surface area (Å²) in [5.41, 5.74) is 0.732. The van der Waals surface area contributed by atoms with Crippen molar-refractivity contribution in [3.05, 3.63) is 60.0 Å². The Labute approximate surface area is 165 Å². The molecule has 2 saturated heterocycles. The van der Waals surface area contributed by atoms with Crippen LogP contribution < -0.4 is 10.6 Å². The van der Waals surface area contributed by atoms with Crippen LogP contribution in [0.2, 0.25) is 0 Å². The van der Waals surface area contributed by atoms with Crippen LogP contribution in [0, 0.1) is 5.82 Å². The van der Waals surface area contributed by atoms with Gasteiger partial charge in [0.15, 0.2) is 11.6 Å². The second-order valence-electron chi connectivity index (χ2n) is 7.81. The van der Waals surface area contributed by atoms with Crippen molar-refractivity contribution < 1.29 is 9.18 Å². The van der Waals surface area contributed by atoms with Gasteiger partial charge in [-0.1, -0.05) is 30.3 Å². The molecule has 2 aliphatic heterocycles. The van der Waals surface area contributed by atoms with Crippen LogP contribution in [0.25, 0.3) is 0 Å². The van der Waals surface area contributed by atoms with E-state index in [-0.39, 0.29) is 23.6 Å². The maximum atomic E-state index is 14.0. The highest BCUT2D eigenvalue weighted by Crippen LogP contribution is 2.39. The van der Waals surface area contributed by atoms with Crippen molar-refractivity contribution in [1.82, 2.24) is 15.2 Å². The van der Waals surface area contributed by atoms with Gasteiger partial charge in [0.25, 0.3) is 0 Å². The number of hydrogen-bond donors (Lipinski definition) is 2. The van der Waals surface area contributed by atoms with E-state index in [9.17, 15) is 9.18 Å². The average molecular weight is 382 g/mol. The summed E-state index contributed by atoms with van der Waals surface area (Å²) in [7, 11) is 0. The van der Waals surface area contributed by atoms with E-state index in [1.807, 2.05) is 18.2 Å². The van der Waals surface area contributed by atoms with Gasteiger partial charge in [-0.15, -0.1) is 0 Å². The molecular weight excluding hydrogens is 355 g/mol.